The predicted octanol–water partition coefficient (Wildman–Crippen LogP) is -0.241. The number of hydrogen-bond donors (Lipinski definition) is 3. The molecule has 3 heterocycles. The van der Waals surface area contributed by atoms with Gasteiger partial charge in [-0.15, -0.1) is 24.8 Å². The molecule has 8 heteroatoms. The number of nitrogens with one attached hydrogen (secondary N) is 1. The smallest absolute Gasteiger partial charge is 0.0909 e. The van der Waals surface area contributed by atoms with Gasteiger partial charge in [0, 0.05) is 31.7 Å². The van der Waals surface area contributed by atoms with Crippen LogP contribution in [0.1, 0.15) is 17.7 Å². The van der Waals surface area contributed by atoms with Crippen LogP contribution in [0.5, 0.6) is 0 Å². The van der Waals surface area contributed by atoms with E-state index < -0.39 is 5.60 Å². The minimum absolute atomic E-state index is 0. The molecule has 0 amide bonds. The van der Waals surface area contributed by atoms with Crippen molar-refractivity contribution in [1.29, 1.82) is 0 Å². The Kier molecular flexibility index (Phi) is 6.25. The fourth-order valence-electron chi connectivity index (χ4n) is 2.95. The zero-order chi connectivity index (χ0) is 12.6. The van der Waals surface area contributed by atoms with Crippen molar-refractivity contribution >= 4 is 24.8 Å². The van der Waals surface area contributed by atoms with Gasteiger partial charge in [-0.25, -0.2) is 0 Å². The summed E-state index contributed by atoms with van der Waals surface area (Å²) in [7, 11) is 0. The van der Waals surface area contributed by atoms with E-state index in [1.807, 2.05) is 10.9 Å². The summed E-state index contributed by atoms with van der Waals surface area (Å²) in [6, 6.07) is 0. The summed E-state index contributed by atoms with van der Waals surface area (Å²) in [6.45, 7) is 4.61. The first kappa shape index (κ1) is 17.7. The lowest BCUT2D eigenvalue weighted by Crippen LogP contribution is -2.42. The van der Waals surface area contributed by atoms with Crippen molar-refractivity contribution in [3.63, 3.8) is 0 Å². The molecule has 116 valence electrons. The van der Waals surface area contributed by atoms with Crippen LogP contribution in [0.2, 0.25) is 0 Å². The van der Waals surface area contributed by atoms with E-state index in [0.717, 1.165) is 26.1 Å². The van der Waals surface area contributed by atoms with Gasteiger partial charge in [0.2, 0.25) is 0 Å². The Balaban J connectivity index is 0.000001000. The van der Waals surface area contributed by atoms with Gasteiger partial charge < -0.3 is 15.5 Å². The van der Waals surface area contributed by atoms with Gasteiger partial charge in [-0.05, 0) is 13.0 Å². The molecule has 3 rings (SSSR count). The molecule has 0 aromatic carbocycles. The third kappa shape index (κ3) is 3.44. The Morgan fingerprint density at radius 3 is 2.80 bits per heavy atom. The van der Waals surface area contributed by atoms with Crippen LogP contribution in [-0.2, 0) is 19.6 Å². The van der Waals surface area contributed by atoms with E-state index in [2.05, 4.69) is 15.3 Å². The van der Waals surface area contributed by atoms with Gasteiger partial charge in [0.05, 0.1) is 30.6 Å². The summed E-state index contributed by atoms with van der Waals surface area (Å²) < 4.78 is 1.87. The fourth-order valence-corrected chi connectivity index (χ4v) is 2.95. The Morgan fingerprint density at radius 1 is 1.35 bits per heavy atom. The normalized spacial score (nSPS) is 25.1. The molecule has 1 saturated heterocycles. The number of rotatable bonds is 4. The lowest BCUT2D eigenvalue weighted by Gasteiger charge is -2.27. The third-order valence-corrected chi connectivity index (χ3v) is 3.85. The van der Waals surface area contributed by atoms with E-state index in [-0.39, 0.29) is 31.4 Å². The monoisotopic (exact) mass is 324 g/mol. The first-order chi connectivity index (χ1) is 8.70. The largest absolute Gasteiger partial charge is 0.394 e. The zero-order valence-electron chi connectivity index (χ0n) is 11.3. The van der Waals surface area contributed by atoms with Crippen molar-refractivity contribution in [1.82, 2.24) is 20.0 Å². The average molecular weight is 325 g/mol. The van der Waals surface area contributed by atoms with Crippen molar-refractivity contribution in [3.05, 3.63) is 17.5 Å². The Morgan fingerprint density at radius 2 is 2.15 bits per heavy atom. The van der Waals surface area contributed by atoms with Crippen LogP contribution >= 0.6 is 24.8 Å². The highest BCUT2D eigenvalue weighted by Crippen LogP contribution is 2.25. The third-order valence-electron chi connectivity index (χ3n) is 3.85. The fraction of sp³-hybridized carbons (Fsp3) is 0.750. The second kappa shape index (κ2) is 7.06. The molecule has 2 aliphatic rings. The summed E-state index contributed by atoms with van der Waals surface area (Å²) in [6.07, 6.45) is 2.70. The summed E-state index contributed by atoms with van der Waals surface area (Å²) in [4.78, 5) is 2.26. The highest BCUT2D eigenvalue weighted by Gasteiger charge is 2.35. The van der Waals surface area contributed by atoms with Crippen LogP contribution in [0.15, 0.2) is 6.20 Å². The highest BCUT2D eigenvalue weighted by atomic mass is 35.5. The molecule has 1 aromatic heterocycles. The number of aliphatic hydroxyl groups is 2. The molecule has 1 unspecified atom stereocenters. The van der Waals surface area contributed by atoms with Gasteiger partial charge in [-0.2, -0.15) is 5.10 Å². The second-order valence-corrected chi connectivity index (χ2v) is 5.36. The number of fused-ring (bicyclic) bond motifs is 1. The molecule has 0 saturated carbocycles. The number of aliphatic hydroxyl groups excluding tert-OH is 1. The Bertz CT molecular complexity index is 435. The molecule has 2 aliphatic heterocycles. The number of nitrogens with zero attached hydrogens (tertiary/aromatic N) is 3. The van der Waals surface area contributed by atoms with E-state index in [0.29, 0.717) is 19.6 Å². The van der Waals surface area contributed by atoms with Crippen molar-refractivity contribution in [2.75, 3.05) is 26.2 Å². The predicted molar refractivity (Wildman–Crippen MR) is 80.4 cm³/mol. The van der Waals surface area contributed by atoms with Crippen LogP contribution in [0.3, 0.4) is 0 Å². The number of halogens is 2. The molecule has 1 atom stereocenters. The van der Waals surface area contributed by atoms with E-state index in [1.165, 1.54) is 11.3 Å². The molecule has 3 N–H and O–H groups in total. The first-order valence-corrected chi connectivity index (χ1v) is 6.50. The highest BCUT2D eigenvalue weighted by molar-refractivity contribution is 5.85. The van der Waals surface area contributed by atoms with E-state index in [9.17, 15) is 5.11 Å². The summed E-state index contributed by atoms with van der Waals surface area (Å²) >= 11 is 0. The SMILES string of the molecule is Cl.Cl.OCCn1ncc2c1CN(CC1(O)CCNC1)C2. The topological polar surface area (TPSA) is 73.5 Å². The summed E-state index contributed by atoms with van der Waals surface area (Å²) in [5.41, 5.74) is 1.82. The lowest BCUT2D eigenvalue weighted by atomic mass is 10.0. The summed E-state index contributed by atoms with van der Waals surface area (Å²) in [5.74, 6) is 0. The molecule has 0 spiro atoms. The van der Waals surface area contributed by atoms with Crippen molar-refractivity contribution in [3.8, 4) is 0 Å². The number of hydrogen-bond acceptors (Lipinski definition) is 5. The van der Waals surface area contributed by atoms with Crippen molar-refractivity contribution in [2.24, 2.45) is 0 Å². The standard InChI is InChI=1S/C12H20N4O2.2ClH/c17-4-3-16-11-7-15(6-10(11)5-14-16)9-12(18)1-2-13-8-12;;/h5,13,17-18H,1-4,6-9H2;2*1H. The van der Waals surface area contributed by atoms with Gasteiger partial charge in [0.1, 0.15) is 0 Å². The van der Waals surface area contributed by atoms with Gasteiger partial charge >= 0.3 is 0 Å². The minimum atomic E-state index is -0.585. The van der Waals surface area contributed by atoms with E-state index in [1.54, 1.807) is 0 Å². The molecule has 6 nitrogen and oxygen atoms in total. The maximum atomic E-state index is 10.4. The van der Waals surface area contributed by atoms with Gasteiger partial charge in [0.25, 0.3) is 0 Å². The van der Waals surface area contributed by atoms with Gasteiger partial charge in [-0.3, -0.25) is 9.58 Å². The van der Waals surface area contributed by atoms with Gasteiger partial charge in [0.15, 0.2) is 0 Å². The minimum Gasteiger partial charge on any atom is -0.394 e. The Hall–Kier alpha value is -0.370. The van der Waals surface area contributed by atoms with Gasteiger partial charge in [-0.1, -0.05) is 0 Å². The number of aromatic nitrogens is 2. The number of β-amino-alcohol motifs (C(OH)–C–C–N with tert-alkyl or cyclic N) is 1. The summed E-state index contributed by atoms with van der Waals surface area (Å²) in [5, 5.41) is 26.8. The average Bonchev–Trinajstić information content (AvgIpc) is 2.98. The maximum absolute atomic E-state index is 10.4. The molecule has 0 aliphatic carbocycles. The molecule has 20 heavy (non-hydrogen) atoms. The molecule has 1 aromatic rings. The zero-order valence-corrected chi connectivity index (χ0v) is 12.9. The first-order valence-electron chi connectivity index (χ1n) is 6.50. The van der Waals surface area contributed by atoms with Crippen LogP contribution < -0.4 is 5.32 Å². The molecule has 0 bridgehead atoms. The van der Waals surface area contributed by atoms with Crippen LogP contribution in [-0.4, -0.2) is 56.7 Å². The molecule has 0 radical (unpaired) electrons. The molecule has 1 fully saturated rings. The van der Waals surface area contributed by atoms with E-state index in [4.69, 9.17) is 5.11 Å². The quantitative estimate of drug-likeness (QED) is 0.713. The van der Waals surface area contributed by atoms with Crippen LogP contribution in [0, 0.1) is 0 Å². The van der Waals surface area contributed by atoms with Crippen LogP contribution in [0.4, 0.5) is 0 Å². The van der Waals surface area contributed by atoms with Crippen molar-refractivity contribution in [2.45, 2.75) is 31.7 Å². The Labute approximate surface area is 131 Å². The van der Waals surface area contributed by atoms with Crippen LogP contribution in [0.25, 0.3) is 0 Å². The molecular formula is C12H22Cl2N4O2. The van der Waals surface area contributed by atoms with E-state index >= 15 is 0 Å². The maximum Gasteiger partial charge on any atom is 0.0909 e. The lowest BCUT2D eigenvalue weighted by molar-refractivity contribution is 0.0190. The van der Waals surface area contributed by atoms with Crippen molar-refractivity contribution < 1.29 is 10.2 Å². The second-order valence-electron chi connectivity index (χ2n) is 5.36. The molecular weight excluding hydrogens is 303 g/mol.